The van der Waals surface area contributed by atoms with E-state index in [-0.39, 0.29) is 18.0 Å². The Morgan fingerprint density at radius 1 is 0.636 bits per heavy atom. The van der Waals surface area contributed by atoms with Crippen molar-refractivity contribution in [1.82, 2.24) is 0 Å². The highest BCUT2D eigenvalue weighted by atomic mass is 16.5. The third kappa shape index (κ3) is 4.85. The fourth-order valence-corrected chi connectivity index (χ4v) is 3.89. The predicted molar refractivity (Wildman–Crippen MR) is 134 cm³/mol. The molecule has 0 saturated heterocycles. The van der Waals surface area contributed by atoms with Crippen molar-refractivity contribution in [2.24, 2.45) is 0 Å². The average molecular weight is 437 g/mol. The molecule has 0 N–H and O–H groups in total. The van der Waals surface area contributed by atoms with Gasteiger partial charge in [0, 0.05) is 11.1 Å². The van der Waals surface area contributed by atoms with E-state index in [9.17, 15) is 9.59 Å². The molecule has 0 atom stereocenters. The van der Waals surface area contributed by atoms with Crippen LogP contribution in [0, 0.1) is 0 Å². The highest BCUT2D eigenvalue weighted by molar-refractivity contribution is 6.12. The summed E-state index contributed by atoms with van der Waals surface area (Å²) in [7, 11) is 3.19. The fraction of sp³-hybridized carbons (Fsp3) is 0.103. The number of carbonyl (C=O) groups excluding carboxylic acids is 2. The van der Waals surface area contributed by atoms with Crippen LogP contribution >= 0.6 is 0 Å². The molecule has 0 bridgehead atoms. The molecule has 4 nitrogen and oxygen atoms in total. The van der Waals surface area contributed by atoms with Gasteiger partial charge in [-0.15, -0.1) is 0 Å². The molecular weight excluding hydrogens is 412 g/mol. The second-order valence-corrected chi connectivity index (χ2v) is 7.58. The van der Waals surface area contributed by atoms with E-state index >= 15 is 0 Å². The van der Waals surface area contributed by atoms with E-state index in [4.69, 9.17) is 9.47 Å². The van der Waals surface area contributed by atoms with Crippen LogP contribution in [0.5, 0.6) is 11.5 Å². The van der Waals surface area contributed by atoms with Gasteiger partial charge in [-0.05, 0) is 58.0 Å². The van der Waals surface area contributed by atoms with E-state index in [1.807, 2.05) is 72.8 Å². The number of carbonyl (C=O) groups is 2. The van der Waals surface area contributed by atoms with Gasteiger partial charge in [0.1, 0.15) is 11.5 Å². The maximum Gasteiger partial charge on any atom is 0.163 e. The zero-order chi connectivity index (χ0) is 23.2. The summed E-state index contributed by atoms with van der Waals surface area (Å²) >= 11 is 0. The summed E-state index contributed by atoms with van der Waals surface area (Å²) in [5, 5.41) is 4.06. The molecule has 0 unspecified atom stereocenters. The standard InChI is InChI=1S/C29H24O4/c1-32-28-17-11-20-7-3-5-9-24(20)26(28)15-13-22(30)19-23(31)14-16-27-25-10-6-4-8-21(25)12-18-29(27)33-2/h3-18H,19H2,1-2H3. The SMILES string of the molecule is COc1ccc2ccccc2c1C=CC(=O)CC(=O)C=Cc1c(OC)ccc2ccccc12. The molecule has 0 heterocycles. The molecule has 33 heavy (non-hydrogen) atoms. The van der Waals surface area contributed by atoms with Crippen LogP contribution in [0.3, 0.4) is 0 Å². The third-order valence-electron chi connectivity index (χ3n) is 5.52. The summed E-state index contributed by atoms with van der Waals surface area (Å²) in [6, 6.07) is 23.5. The van der Waals surface area contributed by atoms with Gasteiger partial charge in [0.2, 0.25) is 0 Å². The monoisotopic (exact) mass is 436 g/mol. The van der Waals surface area contributed by atoms with E-state index in [0.29, 0.717) is 11.5 Å². The zero-order valence-corrected chi connectivity index (χ0v) is 18.6. The average Bonchev–Trinajstić information content (AvgIpc) is 2.85. The van der Waals surface area contributed by atoms with E-state index in [0.717, 1.165) is 32.7 Å². The second kappa shape index (κ2) is 9.96. The summed E-state index contributed by atoms with van der Waals surface area (Å²) in [4.78, 5) is 25.0. The van der Waals surface area contributed by atoms with Crippen LogP contribution in [-0.2, 0) is 9.59 Å². The molecule has 4 aromatic carbocycles. The quantitative estimate of drug-likeness (QED) is 0.241. The smallest absolute Gasteiger partial charge is 0.163 e. The lowest BCUT2D eigenvalue weighted by atomic mass is 10.0. The van der Waals surface area contributed by atoms with Crippen LogP contribution < -0.4 is 9.47 Å². The number of hydrogen-bond donors (Lipinski definition) is 0. The number of benzene rings is 4. The van der Waals surface area contributed by atoms with Crippen LogP contribution in [0.2, 0.25) is 0 Å². The van der Waals surface area contributed by atoms with E-state index < -0.39 is 0 Å². The molecule has 4 aromatic rings. The van der Waals surface area contributed by atoms with Crippen LogP contribution in [-0.4, -0.2) is 25.8 Å². The number of methoxy groups -OCH3 is 2. The van der Waals surface area contributed by atoms with Gasteiger partial charge < -0.3 is 9.47 Å². The third-order valence-corrected chi connectivity index (χ3v) is 5.52. The Labute approximate surface area is 192 Å². The van der Waals surface area contributed by atoms with Crippen LogP contribution in [0.15, 0.2) is 84.9 Å². The zero-order valence-electron chi connectivity index (χ0n) is 18.6. The molecule has 164 valence electrons. The van der Waals surface area contributed by atoms with E-state index in [1.165, 1.54) is 12.2 Å². The molecule has 0 aliphatic rings. The van der Waals surface area contributed by atoms with Gasteiger partial charge in [0.25, 0.3) is 0 Å². The van der Waals surface area contributed by atoms with Crippen molar-refractivity contribution < 1.29 is 19.1 Å². The molecular formula is C29H24O4. The number of hydrogen-bond acceptors (Lipinski definition) is 4. The first-order valence-corrected chi connectivity index (χ1v) is 10.6. The summed E-state index contributed by atoms with van der Waals surface area (Å²) < 4.78 is 10.9. The first kappa shape index (κ1) is 22.0. The number of allylic oxidation sites excluding steroid dienone is 2. The Bertz CT molecular complexity index is 1290. The molecule has 0 aromatic heterocycles. The molecule has 4 heteroatoms. The van der Waals surface area contributed by atoms with Crippen molar-refractivity contribution in [3.63, 3.8) is 0 Å². The lowest BCUT2D eigenvalue weighted by Crippen LogP contribution is -2.02. The molecule has 0 spiro atoms. The van der Waals surface area contributed by atoms with Crippen molar-refractivity contribution in [3.8, 4) is 11.5 Å². The largest absolute Gasteiger partial charge is 0.496 e. The highest BCUT2D eigenvalue weighted by Crippen LogP contribution is 2.30. The normalized spacial score (nSPS) is 11.5. The summed E-state index contributed by atoms with van der Waals surface area (Å²) in [6.07, 6.45) is 6.10. The Balaban J connectivity index is 1.52. The van der Waals surface area contributed by atoms with Gasteiger partial charge in [-0.1, -0.05) is 60.7 Å². The first-order valence-electron chi connectivity index (χ1n) is 10.6. The Morgan fingerprint density at radius 3 is 1.48 bits per heavy atom. The van der Waals surface area contributed by atoms with Crippen molar-refractivity contribution >= 4 is 45.3 Å². The Morgan fingerprint density at radius 2 is 1.06 bits per heavy atom. The Hall–Kier alpha value is -4.18. The number of ether oxygens (including phenoxy) is 2. The summed E-state index contributed by atoms with van der Waals surface area (Å²) in [5.74, 6) is 0.799. The van der Waals surface area contributed by atoms with Crippen LogP contribution in [0.4, 0.5) is 0 Å². The number of ketones is 2. The van der Waals surface area contributed by atoms with Crippen LogP contribution in [0.25, 0.3) is 33.7 Å². The maximum atomic E-state index is 12.5. The number of rotatable bonds is 8. The van der Waals surface area contributed by atoms with E-state index in [1.54, 1.807) is 26.4 Å². The van der Waals surface area contributed by atoms with Crippen molar-refractivity contribution in [2.45, 2.75) is 6.42 Å². The van der Waals surface area contributed by atoms with Gasteiger partial charge in [-0.3, -0.25) is 9.59 Å². The summed E-state index contributed by atoms with van der Waals surface area (Å²) in [5.41, 5.74) is 1.62. The first-order chi connectivity index (χ1) is 16.1. The molecule has 0 aliphatic carbocycles. The molecule has 0 fully saturated rings. The van der Waals surface area contributed by atoms with E-state index in [2.05, 4.69) is 0 Å². The second-order valence-electron chi connectivity index (χ2n) is 7.58. The minimum Gasteiger partial charge on any atom is -0.496 e. The van der Waals surface area contributed by atoms with Gasteiger partial charge in [0.05, 0.1) is 20.6 Å². The molecule has 0 saturated carbocycles. The predicted octanol–water partition coefficient (Wildman–Crippen LogP) is 6.27. The topological polar surface area (TPSA) is 52.6 Å². The molecule has 0 radical (unpaired) electrons. The van der Waals surface area contributed by atoms with Crippen molar-refractivity contribution in [3.05, 3.63) is 96.1 Å². The lowest BCUT2D eigenvalue weighted by Gasteiger charge is -2.09. The lowest BCUT2D eigenvalue weighted by molar-refractivity contribution is -0.121. The summed E-state index contributed by atoms with van der Waals surface area (Å²) in [6.45, 7) is 0. The van der Waals surface area contributed by atoms with Crippen LogP contribution in [0.1, 0.15) is 17.5 Å². The minimum atomic E-state index is -0.274. The maximum absolute atomic E-state index is 12.5. The molecule has 0 amide bonds. The van der Waals surface area contributed by atoms with Gasteiger partial charge >= 0.3 is 0 Å². The highest BCUT2D eigenvalue weighted by Gasteiger charge is 2.09. The van der Waals surface area contributed by atoms with Gasteiger partial charge in [0.15, 0.2) is 11.6 Å². The van der Waals surface area contributed by atoms with Gasteiger partial charge in [-0.25, -0.2) is 0 Å². The molecule has 0 aliphatic heterocycles. The Kier molecular flexibility index (Phi) is 6.65. The van der Waals surface area contributed by atoms with Crippen molar-refractivity contribution in [2.75, 3.05) is 14.2 Å². The van der Waals surface area contributed by atoms with Crippen molar-refractivity contribution in [1.29, 1.82) is 0 Å². The molecule has 4 rings (SSSR count). The van der Waals surface area contributed by atoms with Gasteiger partial charge in [-0.2, -0.15) is 0 Å². The fourth-order valence-electron chi connectivity index (χ4n) is 3.89. The number of fused-ring (bicyclic) bond motifs is 2. The minimum absolute atomic E-state index is 0.215.